The van der Waals surface area contributed by atoms with E-state index < -0.39 is 0 Å². The number of hydrogen-bond donors (Lipinski definition) is 1. The Hall–Kier alpha value is -1.29. The van der Waals surface area contributed by atoms with Crippen LogP contribution in [-0.2, 0) is 0 Å². The number of anilines is 2. The molecule has 1 atom stereocenters. The largest absolute Gasteiger partial charge is 0.396 e. The van der Waals surface area contributed by atoms with E-state index >= 15 is 0 Å². The van der Waals surface area contributed by atoms with Crippen LogP contribution in [0, 0.1) is 6.92 Å². The molecule has 0 aliphatic carbocycles. The van der Waals surface area contributed by atoms with Crippen LogP contribution < -0.4 is 10.6 Å². The molecule has 2 fully saturated rings. The fourth-order valence-corrected chi connectivity index (χ4v) is 3.15. The lowest BCUT2D eigenvalue weighted by molar-refractivity contribution is 0.260. The predicted molar refractivity (Wildman–Crippen MR) is 74.8 cm³/mol. The van der Waals surface area contributed by atoms with Crippen molar-refractivity contribution >= 4 is 11.5 Å². The molecule has 3 rings (SSSR count). The minimum atomic E-state index is 0.703. The van der Waals surface area contributed by atoms with E-state index in [-0.39, 0.29) is 0 Å². The van der Waals surface area contributed by atoms with E-state index in [0.717, 1.165) is 30.2 Å². The summed E-state index contributed by atoms with van der Waals surface area (Å²) in [4.78, 5) is 9.45. The number of aromatic nitrogens is 1. The van der Waals surface area contributed by atoms with Crippen LogP contribution in [0.25, 0.3) is 0 Å². The molecule has 0 spiro atoms. The van der Waals surface area contributed by atoms with E-state index in [1.54, 1.807) is 0 Å². The van der Waals surface area contributed by atoms with Gasteiger partial charge >= 0.3 is 0 Å². The number of nitrogens with zero attached hydrogens (tertiary/aromatic N) is 3. The van der Waals surface area contributed by atoms with Crippen molar-refractivity contribution < 1.29 is 0 Å². The maximum Gasteiger partial charge on any atom is 0.152 e. The van der Waals surface area contributed by atoms with Crippen LogP contribution in [0.15, 0.2) is 12.3 Å². The second kappa shape index (κ2) is 4.76. The van der Waals surface area contributed by atoms with Crippen molar-refractivity contribution in [1.29, 1.82) is 0 Å². The second-order valence-electron chi connectivity index (χ2n) is 5.50. The molecular formula is C14H22N4. The molecule has 98 valence electrons. The molecule has 2 N–H and O–H groups in total. The zero-order chi connectivity index (χ0) is 12.5. The predicted octanol–water partition coefficient (Wildman–Crippen LogP) is 1.65. The fourth-order valence-electron chi connectivity index (χ4n) is 3.15. The van der Waals surface area contributed by atoms with Crippen molar-refractivity contribution in [3.05, 3.63) is 17.8 Å². The molecule has 0 aromatic carbocycles. The molecule has 0 bridgehead atoms. The summed E-state index contributed by atoms with van der Waals surface area (Å²) in [5.74, 6) is 0.983. The first kappa shape index (κ1) is 11.8. The molecule has 1 unspecified atom stereocenters. The van der Waals surface area contributed by atoms with E-state index in [1.165, 1.54) is 32.4 Å². The van der Waals surface area contributed by atoms with Gasteiger partial charge in [0.2, 0.25) is 0 Å². The molecule has 0 amide bonds. The van der Waals surface area contributed by atoms with Gasteiger partial charge in [-0.05, 0) is 50.9 Å². The lowest BCUT2D eigenvalue weighted by Crippen LogP contribution is -2.35. The standard InChI is InChI=1S/C14H22N4/c1-11-4-6-16-14(13(11)15)18-9-5-12(10-18)17-7-2-3-8-17/h4,6,12H,2-3,5,7-10,15H2,1H3. The van der Waals surface area contributed by atoms with Gasteiger partial charge in [0.15, 0.2) is 5.82 Å². The van der Waals surface area contributed by atoms with Gasteiger partial charge in [-0.2, -0.15) is 0 Å². The Morgan fingerprint density at radius 1 is 1.28 bits per heavy atom. The summed E-state index contributed by atoms with van der Waals surface area (Å²) >= 11 is 0. The summed E-state index contributed by atoms with van der Waals surface area (Å²) in [7, 11) is 0. The molecule has 2 saturated heterocycles. The van der Waals surface area contributed by atoms with Gasteiger partial charge in [0, 0.05) is 25.3 Å². The Balaban J connectivity index is 1.73. The lowest BCUT2D eigenvalue weighted by Gasteiger charge is -2.24. The summed E-state index contributed by atoms with van der Waals surface area (Å²) in [6, 6.07) is 2.68. The first-order valence-corrected chi connectivity index (χ1v) is 6.96. The van der Waals surface area contributed by atoms with Gasteiger partial charge in [-0.15, -0.1) is 0 Å². The third-order valence-electron chi connectivity index (χ3n) is 4.31. The number of pyridine rings is 1. The Bertz CT molecular complexity index is 426. The van der Waals surface area contributed by atoms with Gasteiger partial charge in [0.05, 0.1) is 5.69 Å². The van der Waals surface area contributed by atoms with E-state index in [2.05, 4.69) is 21.7 Å². The summed E-state index contributed by atoms with van der Waals surface area (Å²) in [5.41, 5.74) is 8.12. The molecule has 3 heterocycles. The maximum atomic E-state index is 6.14. The highest BCUT2D eigenvalue weighted by Crippen LogP contribution is 2.29. The second-order valence-corrected chi connectivity index (χ2v) is 5.50. The van der Waals surface area contributed by atoms with Crippen molar-refractivity contribution in [3.63, 3.8) is 0 Å². The zero-order valence-corrected chi connectivity index (χ0v) is 11.1. The number of rotatable bonds is 2. The molecule has 4 nitrogen and oxygen atoms in total. The summed E-state index contributed by atoms with van der Waals surface area (Å²) in [6.45, 7) is 6.77. The highest BCUT2D eigenvalue weighted by atomic mass is 15.3. The number of nitrogen functional groups attached to an aromatic ring is 1. The van der Waals surface area contributed by atoms with Crippen molar-refractivity contribution in [2.75, 3.05) is 36.8 Å². The van der Waals surface area contributed by atoms with Crippen molar-refractivity contribution in [2.24, 2.45) is 0 Å². The van der Waals surface area contributed by atoms with E-state index in [4.69, 9.17) is 5.73 Å². The van der Waals surface area contributed by atoms with Crippen molar-refractivity contribution in [1.82, 2.24) is 9.88 Å². The highest BCUT2D eigenvalue weighted by molar-refractivity contribution is 5.66. The SMILES string of the molecule is Cc1ccnc(N2CCC(N3CCCC3)C2)c1N. The molecule has 2 aliphatic rings. The van der Waals surface area contributed by atoms with Gasteiger partial charge in [-0.3, -0.25) is 4.90 Å². The minimum absolute atomic E-state index is 0.703. The normalized spacial score (nSPS) is 24.9. The third-order valence-corrected chi connectivity index (χ3v) is 4.31. The first-order chi connectivity index (χ1) is 8.75. The van der Waals surface area contributed by atoms with Crippen LogP contribution in [0.2, 0.25) is 0 Å². The minimum Gasteiger partial charge on any atom is -0.396 e. The van der Waals surface area contributed by atoms with Crippen molar-refractivity contribution in [3.8, 4) is 0 Å². The number of likely N-dealkylation sites (tertiary alicyclic amines) is 1. The van der Waals surface area contributed by atoms with Crippen LogP contribution in [0.3, 0.4) is 0 Å². The molecular weight excluding hydrogens is 224 g/mol. The van der Waals surface area contributed by atoms with E-state index in [9.17, 15) is 0 Å². The maximum absolute atomic E-state index is 6.14. The molecule has 1 aromatic rings. The average Bonchev–Trinajstić information content (AvgIpc) is 3.01. The van der Waals surface area contributed by atoms with Crippen molar-refractivity contribution in [2.45, 2.75) is 32.2 Å². The molecule has 0 saturated carbocycles. The van der Waals surface area contributed by atoms with Crippen LogP contribution in [0.5, 0.6) is 0 Å². The molecule has 1 aromatic heterocycles. The van der Waals surface area contributed by atoms with Crippen LogP contribution in [-0.4, -0.2) is 42.1 Å². The van der Waals surface area contributed by atoms with Gasteiger partial charge in [0.1, 0.15) is 0 Å². The summed E-state index contributed by atoms with van der Waals surface area (Å²) in [5, 5.41) is 0. The molecule has 2 aliphatic heterocycles. The highest BCUT2D eigenvalue weighted by Gasteiger charge is 2.30. The first-order valence-electron chi connectivity index (χ1n) is 6.96. The van der Waals surface area contributed by atoms with Gasteiger partial charge < -0.3 is 10.6 Å². The van der Waals surface area contributed by atoms with Gasteiger partial charge in [-0.1, -0.05) is 0 Å². The molecule has 0 radical (unpaired) electrons. The van der Waals surface area contributed by atoms with Gasteiger partial charge in [-0.25, -0.2) is 4.98 Å². The Kier molecular flexibility index (Phi) is 3.12. The Morgan fingerprint density at radius 3 is 2.83 bits per heavy atom. The summed E-state index contributed by atoms with van der Waals surface area (Å²) < 4.78 is 0. The smallest absolute Gasteiger partial charge is 0.152 e. The molecule has 4 heteroatoms. The topological polar surface area (TPSA) is 45.4 Å². The fraction of sp³-hybridized carbons (Fsp3) is 0.643. The van der Waals surface area contributed by atoms with Crippen LogP contribution >= 0.6 is 0 Å². The van der Waals surface area contributed by atoms with Gasteiger partial charge in [0.25, 0.3) is 0 Å². The summed E-state index contributed by atoms with van der Waals surface area (Å²) in [6.07, 6.45) is 5.84. The lowest BCUT2D eigenvalue weighted by atomic mass is 10.2. The number of aryl methyl sites for hydroxylation is 1. The van der Waals surface area contributed by atoms with Crippen LogP contribution in [0.4, 0.5) is 11.5 Å². The van der Waals surface area contributed by atoms with E-state index in [1.807, 2.05) is 12.3 Å². The third kappa shape index (κ3) is 2.05. The average molecular weight is 246 g/mol. The Labute approximate surface area is 109 Å². The monoisotopic (exact) mass is 246 g/mol. The quantitative estimate of drug-likeness (QED) is 0.862. The molecule has 18 heavy (non-hydrogen) atoms. The number of hydrogen-bond acceptors (Lipinski definition) is 4. The zero-order valence-electron chi connectivity index (χ0n) is 11.1. The Morgan fingerprint density at radius 2 is 2.06 bits per heavy atom. The van der Waals surface area contributed by atoms with Crippen LogP contribution in [0.1, 0.15) is 24.8 Å². The van der Waals surface area contributed by atoms with E-state index in [0.29, 0.717) is 6.04 Å². The number of nitrogens with two attached hydrogens (primary N) is 1.